The van der Waals surface area contributed by atoms with Gasteiger partial charge in [0.05, 0.1) is 0 Å². The lowest BCUT2D eigenvalue weighted by Gasteiger charge is -2.39. The molecule has 0 heterocycles. The van der Waals surface area contributed by atoms with Gasteiger partial charge in [-0.2, -0.15) is 0 Å². The summed E-state index contributed by atoms with van der Waals surface area (Å²) in [5.41, 5.74) is 6.04. The number of carbonyl (C=O) groups excluding carboxylic acids is 1. The Balaban J connectivity index is 2.12. The van der Waals surface area contributed by atoms with Crippen molar-refractivity contribution in [2.75, 3.05) is 5.32 Å². The zero-order valence-corrected chi connectivity index (χ0v) is 12.9. The first-order valence-corrected chi connectivity index (χ1v) is 7.69. The molecule has 3 nitrogen and oxygen atoms in total. The summed E-state index contributed by atoms with van der Waals surface area (Å²) in [6.45, 7) is 2.21. The zero-order valence-electron chi connectivity index (χ0n) is 11.3. The van der Waals surface area contributed by atoms with Gasteiger partial charge in [0.1, 0.15) is 5.54 Å². The molecule has 0 saturated heterocycles. The van der Waals surface area contributed by atoms with Gasteiger partial charge < -0.3 is 11.1 Å². The quantitative estimate of drug-likeness (QED) is 0.887. The second-order valence-electron chi connectivity index (χ2n) is 5.43. The first-order chi connectivity index (χ1) is 9.05. The molecule has 0 radical (unpaired) electrons. The van der Waals surface area contributed by atoms with Crippen molar-refractivity contribution < 1.29 is 4.79 Å². The molecular weight excluding hydrogens is 304 g/mol. The molecule has 0 spiro atoms. The SMILES string of the molecule is CCC1CCC(Nc2ccc(Br)cc2)(C(N)=O)CC1. The predicted molar refractivity (Wildman–Crippen MR) is 81.9 cm³/mol. The van der Waals surface area contributed by atoms with Gasteiger partial charge in [0.15, 0.2) is 0 Å². The van der Waals surface area contributed by atoms with Gasteiger partial charge in [-0.25, -0.2) is 0 Å². The summed E-state index contributed by atoms with van der Waals surface area (Å²) in [6, 6.07) is 7.88. The standard InChI is InChI=1S/C15H21BrN2O/c1-2-11-7-9-15(10-8-11,14(17)19)18-13-5-3-12(16)4-6-13/h3-6,11,18H,2,7-10H2,1H3,(H2,17,19). The average molecular weight is 325 g/mol. The molecule has 1 amide bonds. The number of halogens is 1. The van der Waals surface area contributed by atoms with Crippen molar-refractivity contribution in [3.63, 3.8) is 0 Å². The van der Waals surface area contributed by atoms with Crippen LogP contribution in [0.1, 0.15) is 39.0 Å². The van der Waals surface area contributed by atoms with Gasteiger partial charge >= 0.3 is 0 Å². The molecule has 1 saturated carbocycles. The Hall–Kier alpha value is -1.03. The Bertz CT molecular complexity index is 436. The Labute approximate surface area is 123 Å². The van der Waals surface area contributed by atoms with Crippen LogP contribution in [-0.2, 0) is 4.79 Å². The van der Waals surface area contributed by atoms with Gasteiger partial charge in [0.25, 0.3) is 0 Å². The van der Waals surface area contributed by atoms with Crippen molar-refractivity contribution >= 4 is 27.5 Å². The summed E-state index contributed by atoms with van der Waals surface area (Å²) >= 11 is 3.41. The van der Waals surface area contributed by atoms with Crippen LogP contribution in [0.3, 0.4) is 0 Å². The van der Waals surface area contributed by atoms with E-state index in [0.29, 0.717) is 0 Å². The number of primary amides is 1. The number of anilines is 1. The molecule has 4 heteroatoms. The van der Waals surface area contributed by atoms with Crippen LogP contribution in [0.4, 0.5) is 5.69 Å². The van der Waals surface area contributed by atoms with Crippen LogP contribution < -0.4 is 11.1 Å². The third-order valence-corrected chi connectivity index (χ3v) is 4.76. The third-order valence-electron chi connectivity index (χ3n) is 4.24. The van der Waals surface area contributed by atoms with Crippen LogP contribution >= 0.6 is 15.9 Å². The smallest absolute Gasteiger partial charge is 0.243 e. The average Bonchev–Trinajstić information content (AvgIpc) is 2.42. The predicted octanol–water partition coefficient (Wildman–Crippen LogP) is 3.69. The number of nitrogens with one attached hydrogen (secondary N) is 1. The number of hydrogen-bond donors (Lipinski definition) is 2. The van der Waals surface area contributed by atoms with Gasteiger partial charge in [-0.3, -0.25) is 4.79 Å². The van der Waals surface area contributed by atoms with Crippen LogP contribution in [-0.4, -0.2) is 11.4 Å². The van der Waals surface area contributed by atoms with E-state index in [1.807, 2.05) is 24.3 Å². The second-order valence-corrected chi connectivity index (χ2v) is 6.35. The molecule has 0 aromatic heterocycles. The molecule has 1 fully saturated rings. The van der Waals surface area contributed by atoms with Crippen molar-refractivity contribution in [3.8, 4) is 0 Å². The van der Waals surface area contributed by atoms with E-state index in [4.69, 9.17) is 5.73 Å². The number of nitrogens with two attached hydrogens (primary N) is 1. The Morgan fingerprint density at radius 2 is 1.95 bits per heavy atom. The van der Waals surface area contributed by atoms with E-state index >= 15 is 0 Å². The molecule has 1 aromatic rings. The maximum atomic E-state index is 11.9. The summed E-state index contributed by atoms with van der Waals surface area (Å²) in [4.78, 5) is 11.9. The molecule has 1 aromatic carbocycles. The topological polar surface area (TPSA) is 55.1 Å². The maximum absolute atomic E-state index is 11.9. The largest absolute Gasteiger partial charge is 0.371 e. The fraction of sp³-hybridized carbons (Fsp3) is 0.533. The zero-order chi connectivity index (χ0) is 13.9. The van der Waals surface area contributed by atoms with E-state index in [1.165, 1.54) is 6.42 Å². The summed E-state index contributed by atoms with van der Waals surface area (Å²) in [5, 5.41) is 3.37. The number of amides is 1. The lowest BCUT2D eigenvalue weighted by atomic mass is 9.75. The normalized spacial score (nSPS) is 26.9. The van der Waals surface area contributed by atoms with Crippen LogP contribution in [0.15, 0.2) is 28.7 Å². The van der Waals surface area contributed by atoms with Crippen molar-refractivity contribution in [2.45, 2.75) is 44.6 Å². The Kier molecular flexibility index (Phi) is 4.50. The summed E-state index contributed by atoms with van der Waals surface area (Å²) in [7, 11) is 0. The Morgan fingerprint density at radius 1 is 1.37 bits per heavy atom. The highest BCUT2D eigenvalue weighted by Gasteiger charge is 2.39. The molecule has 2 rings (SSSR count). The molecule has 104 valence electrons. The van der Waals surface area contributed by atoms with Crippen molar-refractivity contribution in [3.05, 3.63) is 28.7 Å². The monoisotopic (exact) mass is 324 g/mol. The highest BCUT2D eigenvalue weighted by atomic mass is 79.9. The molecule has 1 aliphatic rings. The number of benzene rings is 1. The molecule has 3 N–H and O–H groups in total. The first kappa shape index (κ1) is 14.4. The minimum absolute atomic E-state index is 0.232. The Morgan fingerprint density at radius 3 is 2.42 bits per heavy atom. The van der Waals surface area contributed by atoms with Crippen LogP contribution in [0, 0.1) is 5.92 Å². The van der Waals surface area contributed by atoms with E-state index in [9.17, 15) is 4.79 Å². The van der Waals surface area contributed by atoms with Gasteiger partial charge in [-0.05, 0) is 55.9 Å². The molecular formula is C15H21BrN2O. The highest BCUT2D eigenvalue weighted by molar-refractivity contribution is 9.10. The summed E-state index contributed by atoms with van der Waals surface area (Å²) in [5.74, 6) is 0.504. The minimum Gasteiger partial charge on any atom is -0.371 e. The van der Waals surface area contributed by atoms with Crippen LogP contribution in [0.25, 0.3) is 0 Å². The maximum Gasteiger partial charge on any atom is 0.243 e. The molecule has 0 aliphatic heterocycles. The van der Waals surface area contributed by atoms with Gasteiger partial charge in [-0.15, -0.1) is 0 Å². The number of carbonyl (C=O) groups is 1. The van der Waals surface area contributed by atoms with Gasteiger partial charge in [-0.1, -0.05) is 29.3 Å². The summed E-state index contributed by atoms with van der Waals surface area (Å²) < 4.78 is 1.03. The second kappa shape index (κ2) is 5.95. The minimum atomic E-state index is -0.570. The first-order valence-electron chi connectivity index (χ1n) is 6.89. The molecule has 0 bridgehead atoms. The van der Waals surface area contributed by atoms with Gasteiger partial charge in [0, 0.05) is 10.2 Å². The van der Waals surface area contributed by atoms with E-state index in [1.54, 1.807) is 0 Å². The molecule has 0 unspecified atom stereocenters. The fourth-order valence-electron chi connectivity index (χ4n) is 2.82. The van der Waals surface area contributed by atoms with E-state index in [2.05, 4.69) is 28.2 Å². The van der Waals surface area contributed by atoms with E-state index in [-0.39, 0.29) is 5.91 Å². The van der Waals surface area contributed by atoms with Crippen LogP contribution in [0.5, 0.6) is 0 Å². The highest BCUT2D eigenvalue weighted by Crippen LogP contribution is 2.36. The third kappa shape index (κ3) is 3.30. The van der Waals surface area contributed by atoms with Crippen LogP contribution in [0.2, 0.25) is 0 Å². The fourth-order valence-corrected chi connectivity index (χ4v) is 3.09. The molecule has 1 aliphatic carbocycles. The number of rotatable bonds is 4. The number of hydrogen-bond acceptors (Lipinski definition) is 2. The van der Waals surface area contributed by atoms with Crippen molar-refractivity contribution in [2.24, 2.45) is 11.7 Å². The molecule has 19 heavy (non-hydrogen) atoms. The van der Waals surface area contributed by atoms with E-state index in [0.717, 1.165) is 41.8 Å². The van der Waals surface area contributed by atoms with E-state index < -0.39 is 5.54 Å². The lowest BCUT2D eigenvalue weighted by Crippen LogP contribution is -2.52. The lowest BCUT2D eigenvalue weighted by molar-refractivity contribution is -0.123. The van der Waals surface area contributed by atoms with Crippen molar-refractivity contribution in [1.82, 2.24) is 0 Å². The summed E-state index contributed by atoms with van der Waals surface area (Å²) in [6.07, 6.45) is 4.99. The molecule has 0 atom stereocenters. The van der Waals surface area contributed by atoms with Gasteiger partial charge in [0.2, 0.25) is 5.91 Å². The van der Waals surface area contributed by atoms with Crippen molar-refractivity contribution in [1.29, 1.82) is 0 Å².